The standard InChI is InChI=1S/C30H37N3O6S2/c1-23-11-15-26(16-12-23)40(36,37)32-20-6-7-22-33(41(38,39)27-17-13-24(2)14-18-27)28(25-9-4-3-5-10-25)29(34)30(35)31-19-8-21-32/h3-5,9-18,28-29,34H,6-8,19-22H2,1-2H3,(H,31,35)/t28-,29-/m1/s1. The minimum absolute atomic E-state index is 0.0292. The van der Waals surface area contributed by atoms with E-state index in [1.54, 1.807) is 66.7 Å². The zero-order valence-corrected chi connectivity index (χ0v) is 24.9. The molecule has 3 aromatic rings. The Kier molecular flexibility index (Phi) is 9.98. The highest BCUT2D eigenvalue weighted by atomic mass is 32.2. The Morgan fingerprint density at radius 3 is 1.80 bits per heavy atom. The third kappa shape index (κ3) is 7.22. The van der Waals surface area contributed by atoms with Gasteiger partial charge in [0.1, 0.15) is 0 Å². The summed E-state index contributed by atoms with van der Waals surface area (Å²) in [5, 5.41) is 14.0. The molecule has 0 aliphatic carbocycles. The number of amides is 1. The van der Waals surface area contributed by atoms with Gasteiger partial charge in [0, 0.05) is 26.2 Å². The lowest BCUT2D eigenvalue weighted by Crippen LogP contribution is -2.47. The van der Waals surface area contributed by atoms with Crippen LogP contribution in [0.1, 0.15) is 42.0 Å². The van der Waals surface area contributed by atoms with Crippen LogP contribution in [0.25, 0.3) is 0 Å². The van der Waals surface area contributed by atoms with Gasteiger partial charge in [-0.25, -0.2) is 16.8 Å². The first kappa shape index (κ1) is 30.9. The third-order valence-corrected chi connectivity index (χ3v) is 11.0. The molecular formula is C30H37N3O6S2. The largest absolute Gasteiger partial charge is 0.381 e. The molecule has 0 spiro atoms. The summed E-state index contributed by atoms with van der Waals surface area (Å²) in [4.78, 5) is 13.4. The number of benzene rings is 3. The van der Waals surface area contributed by atoms with Crippen LogP contribution in [0.3, 0.4) is 0 Å². The number of aliphatic hydroxyl groups excluding tert-OH is 1. The SMILES string of the molecule is Cc1ccc(S(=O)(=O)N2CCCCN(S(=O)(=O)c3ccc(C)cc3)[C@H](c3ccccc3)[C@@H](O)C(=O)NCCC2)cc1. The zero-order chi connectivity index (χ0) is 29.6. The van der Waals surface area contributed by atoms with E-state index in [2.05, 4.69) is 5.32 Å². The van der Waals surface area contributed by atoms with Crippen molar-refractivity contribution >= 4 is 26.0 Å². The molecule has 4 rings (SSSR count). The molecule has 3 aromatic carbocycles. The van der Waals surface area contributed by atoms with Crippen molar-refractivity contribution in [2.24, 2.45) is 0 Å². The molecule has 1 saturated heterocycles. The number of sulfonamides is 2. The van der Waals surface area contributed by atoms with Crippen LogP contribution < -0.4 is 5.32 Å². The summed E-state index contributed by atoms with van der Waals surface area (Å²) in [7, 11) is -7.96. The summed E-state index contributed by atoms with van der Waals surface area (Å²) in [5.41, 5.74) is 2.31. The van der Waals surface area contributed by atoms with Gasteiger partial charge < -0.3 is 10.4 Å². The summed E-state index contributed by atoms with van der Waals surface area (Å²) in [6.07, 6.45) is -0.678. The number of hydrogen-bond acceptors (Lipinski definition) is 6. The second-order valence-corrected chi connectivity index (χ2v) is 14.1. The van der Waals surface area contributed by atoms with Gasteiger partial charge >= 0.3 is 0 Å². The molecule has 220 valence electrons. The van der Waals surface area contributed by atoms with E-state index in [1.807, 2.05) is 13.8 Å². The van der Waals surface area contributed by atoms with Crippen molar-refractivity contribution in [3.05, 3.63) is 95.6 Å². The van der Waals surface area contributed by atoms with Crippen LogP contribution in [0, 0.1) is 13.8 Å². The molecule has 11 heteroatoms. The van der Waals surface area contributed by atoms with E-state index in [0.29, 0.717) is 24.8 Å². The summed E-state index contributed by atoms with van der Waals surface area (Å²) in [6, 6.07) is 20.5. The number of nitrogens with one attached hydrogen (secondary N) is 1. The van der Waals surface area contributed by atoms with E-state index < -0.39 is 38.1 Å². The quantitative estimate of drug-likeness (QED) is 0.464. The number of aryl methyl sites for hydroxylation is 2. The number of carbonyl (C=O) groups excluding carboxylic acids is 1. The predicted octanol–water partition coefficient (Wildman–Crippen LogP) is 3.39. The number of nitrogens with zero attached hydrogens (tertiary/aromatic N) is 2. The molecule has 1 amide bonds. The average Bonchev–Trinajstić information content (AvgIpc) is 2.96. The minimum atomic E-state index is -4.16. The fourth-order valence-corrected chi connectivity index (χ4v) is 8.07. The fraction of sp³-hybridized carbons (Fsp3) is 0.367. The van der Waals surface area contributed by atoms with Gasteiger partial charge in [-0.2, -0.15) is 8.61 Å². The Bertz CT molecular complexity index is 1530. The Labute approximate surface area is 242 Å². The van der Waals surface area contributed by atoms with E-state index >= 15 is 0 Å². The molecule has 1 aliphatic rings. The van der Waals surface area contributed by atoms with Crippen molar-refractivity contribution in [3.63, 3.8) is 0 Å². The number of hydrogen-bond donors (Lipinski definition) is 2. The maximum Gasteiger partial charge on any atom is 0.250 e. The molecule has 1 heterocycles. The van der Waals surface area contributed by atoms with E-state index in [1.165, 1.54) is 20.7 Å². The first-order chi connectivity index (χ1) is 19.5. The molecule has 1 fully saturated rings. The van der Waals surface area contributed by atoms with Crippen LogP contribution in [-0.2, 0) is 24.8 Å². The van der Waals surface area contributed by atoms with Crippen molar-refractivity contribution in [1.82, 2.24) is 13.9 Å². The molecule has 0 radical (unpaired) electrons. The van der Waals surface area contributed by atoms with Crippen molar-refractivity contribution in [2.75, 3.05) is 26.2 Å². The van der Waals surface area contributed by atoms with Gasteiger partial charge in [0.25, 0.3) is 5.91 Å². The van der Waals surface area contributed by atoms with Crippen LogP contribution >= 0.6 is 0 Å². The molecule has 0 aromatic heterocycles. The van der Waals surface area contributed by atoms with Crippen LogP contribution in [0.15, 0.2) is 88.7 Å². The van der Waals surface area contributed by atoms with E-state index in [0.717, 1.165) is 11.1 Å². The lowest BCUT2D eigenvalue weighted by atomic mass is 10.0. The summed E-state index contributed by atoms with van der Waals surface area (Å²) < 4.78 is 57.6. The van der Waals surface area contributed by atoms with Gasteiger partial charge in [0.2, 0.25) is 20.0 Å². The molecule has 0 saturated carbocycles. The highest BCUT2D eigenvalue weighted by Gasteiger charge is 2.39. The Morgan fingerprint density at radius 2 is 1.22 bits per heavy atom. The van der Waals surface area contributed by atoms with Crippen molar-refractivity contribution in [1.29, 1.82) is 0 Å². The second kappa shape index (κ2) is 13.3. The van der Waals surface area contributed by atoms with Gasteiger partial charge in [-0.1, -0.05) is 65.7 Å². The Hall–Kier alpha value is -3.09. The van der Waals surface area contributed by atoms with Crippen LogP contribution in [0.5, 0.6) is 0 Å². The van der Waals surface area contributed by atoms with Crippen molar-refractivity contribution in [2.45, 2.75) is 55.0 Å². The normalized spacial score (nSPS) is 20.8. The van der Waals surface area contributed by atoms with E-state index in [9.17, 15) is 26.7 Å². The number of rotatable bonds is 5. The van der Waals surface area contributed by atoms with Gasteiger partial charge in [-0.3, -0.25) is 4.79 Å². The smallest absolute Gasteiger partial charge is 0.250 e. The van der Waals surface area contributed by atoms with E-state index in [4.69, 9.17) is 0 Å². The predicted molar refractivity (Wildman–Crippen MR) is 157 cm³/mol. The lowest BCUT2D eigenvalue weighted by molar-refractivity contribution is -0.132. The number of carbonyl (C=O) groups is 1. The van der Waals surface area contributed by atoms with Crippen LogP contribution in [0.2, 0.25) is 0 Å². The topological polar surface area (TPSA) is 124 Å². The lowest BCUT2D eigenvalue weighted by Gasteiger charge is -2.34. The van der Waals surface area contributed by atoms with Gasteiger partial charge in [-0.05, 0) is 62.9 Å². The van der Waals surface area contributed by atoms with Crippen LogP contribution in [-0.4, -0.2) is 68.7 Å². The molecule has 0 bridgehead atoms. The summed E-state index contributed by atoms with van der Waals surface area (Å²) >= 11 is 0. The maximum atomic E-state index is 14.0. The summed E-state index contributed by atoms with van der Waals surface area (Å²) in [5.74, 6) is -0.727. The zero-order valence-electron chi connectivity index (χ0n) is 23.3. The second-order valence-electron chi connectivity index (χ2n) is 10.3. The summed E-state index contributed by atoms with van der Waals surface area (Å²) in [6.45, 7) is 4.17. The first-order valence-corrected chi connectivity index (χ1v) is 16.6. The fourth-order valence-electron chi connectivity index (χ4n) is 4.89. The van der Waals surface area contributed by atoms with Crippen LogP contribution in [0.4, 0.5) is 0 Å². The Morgan fingerprint density at radius 1 is 0.707 bits per heavy atom. The molecular weight excluding hydrogens is 562 g/mol. The monoisotopic (exact) mass is 599 g/mol. The molecule has 9 nitrogen and oxygen atoms in total. The molecule has 2 N–H and O–H groups in total. The highest BCUT2D eigenvalue weighted by molar-refractivity contribution is 7.89. The molecule has 1 aliphatic heterocycles. The minimum Gasteiger partial charge on any atom is -0.381 e. The average molecular weight is 600 g/mol. The number of aliphatic hydroxyl groups is 1. The van der Waals surface area contributed by atoms with Crippen molar-refractivity contribution in [3.8, 4) is 0 Å². The van der Waals surface area contributed by atoms with Gasteiger partial charge in [-0.15, -0.1) is 0 Å². The Balaban J connectivity index is 1.70. The third-order valence-electron chi connectivity index (χ3n) is 7.22. The molecule has 2 atom stereocenters. The van der Waals surface area contributed by atoms with Gasteiger partial charge in [0.05, 0.1) is 15.8 Å². The van der Waals surface area contributed by atoms with Crippen molar-refractivity contribution < 1.29 is 26.7 Å². The molecule has 0 unspecified atom stereocenters. The maximum absolute atomic E-state index is 14.0. The molecule has 41 heavy (non-hydrogen) atoms. The first-order valence-electron chi connectivity index (χ1n) is 13.7. The van der Waals surface area contributed by atoms with Gasteiger partial charge in [0.15, 0.2) is 6.10 Å². The highest BCUT2D eigenvalue weighted by Crippen LogP contribution is 2.32. The van der Waals surface area contributed by atoms with E-state index in [-0.39, 0.29) is 36.0 Å².